The molecule has 0 saturated carbocycles. The summed E-state index contributed by atoms with van der Waals surface area (Å²) >= 11 is 9.59. The van der Waals surface area contributed by atoms with Crippen LogP contribution in [0, 0.1) is 0 Å². The normalized spacial score (nSPS) is 10.7. The zero-order valence-electron chi connectivity index (χ0n) is 6.74. The van der Waals surface area contributed by atoms with Crippen LogP contribution < -0.4 is 4.74 Å². The van der Waals surface area contributed by atoms with Gasteiger partial charge in [-0.2, -0.15) is 8.78 Å². The Morgan fingerprint density at radius 3 is 2.07 bits per heavy atom. The van der Waals surface area contributed by atoms with E-state index in [9.17, 15) is 8.78 Å². The molecule has 0 heterocycles. The van der Waals surface area contributed by atoms with Crippen molar-refractivity contribution in [2.45, 2.75) is 11.9 Å². The van der Waals surface area contributed by atoms with Gasteiger partial charge in [-0.25, -0.2) is 0 Å². The SMILES string of the molecule is FC(F)Oc1c(Br)cc(CBr)cc1Br. The van der Waals surface area contributed by atoms with Crippen LogP contribution in [0.4, 0.5) is 8.78 Å². The fourth-order valence-electron chi connectivity index (χ4n) is 0.891. The fourth-order valence-corrected chi connectivity index (χ4v) is 2.68. The van der Waals surface area contributed by atoms with Gasteiger partial charge in [-0.15, -0.1) is 0 Å². The van der Waals surface area contributed by atoms with Crippen LogP contribution in [0.15, 0.2) is 21.1 Å². The van der Waals surface area contributed by atoms with Crippen molar-refractivity contribution in [3.05, 3.63) is 26.6 Å². The van der Waals surface area contributed by atoms with E-state index in [0.29, 0.717) is 14.3 Å². The summed E-state index contributed by atoms with van der Waals surface area (Å²) in [6, 6.07) is 3.44. The van der Waals surface area contributed by atoms with Crippen LogP contribution in [-0.2, 0) is 5.33 Å². The summed E-state index contributed by atoms with van der Waals surface area (Å²) in [4.78, 5) is 0. The lowest BCUT2D eigenvalue weighted by molar-refractivity contribution is -0.0508. The van der Waals surface area contributed by atoms with Crippen LogP contribution >= 0.6 is 47.8 Å². The van der Waals surface area contributed by atoms with Gasteiger partial charge >= 0.3 is 6.61 Å². The topological polar surface area (TPSA) is 9.23 Å². The molecule has 0 aliphatic carbocycles. The molecule has 0 aliphatic heterocycles. The van der Waals surface area contributed by atoms with E-state index in [4.69, 9.17) is 0 Å². The Labute approximate surface area is 105 Å². The molecule has 0 spiro atoms. The number of ether oxygens (including phenoxy) is 1. The van der Waals surface area contributed by atoms with E-state index >= 15 is 0 Å². The summed E-state index contributed by atoms with van der Waals surface area (Å²) in [7, 11) is 0. The number of benzene rings is 1. The Balaban J connectivity index is 3.05. The second kappa shape index (κ2) is 5.42. The van der Waals surface area contributed by atoms with Crippen LogP contribution in [0.3, 0.4) is 0 Å². The van der Waals surface area contributed by atoms with E-state index in [1.165, 1.54) is 0 Å². The van der Waals surface area contributed by atoms with Gasteiger partial charge in [-0.1, -0.05) is 15.9 Å². The second-order valence-corrected chi connectivity index (χ2v) is 4.67. The largest absolute Gasteiger partial charge is 0.432 e. The molecule has 1 aromatic rings. The van der Waals surface area contributed by atoms with Crippen LogP contribution in [0.25, 0.3) is 0 Å². The predicted octanol–water partition coefficient (Wildman–Crippen LogP) is 4.71. The molecule has 0 aromatic heterocycles. The van der Waals surface area contributed by atoms with Crippen LogP contribution in [-0.4, -0.2) is 6.61 Å². The summed E-state index contributed by atoms with van der Waals surface area (Å²) < 4.78 is 29.3. The Hall–Kier alpha value is 0.320. The first-order valence-corrected chi connectivity index (χ1v) is 6.24. The second-order valence-electron chi connectivity index (χ2n) is 2.40. The molecule has 1 rings (SSSR count). The van der Waals surface area contributed by atoms with E-state index < -0.39 is 6.61 Å². The minimum Gasteiger partial charge on any atom is -0.432 e. The molecule has 1 nitrogen and oxygen atoms in total. The highest BCUT2D eigenvalue weighted by Crippen LogP contribution is 2.36. The van der Waals surface area contributed by atoms with Gasteiger partial charge in [0.05, 0.1) is 8.95 Å². The van der Waals surface area contributed by atoms with Crippen molar-refractivity contribution in [2.24, 2.45) is 0 Å². The maximum Gasteiger partial charge on any atom is 0.387 e. The zero-order valence-corrected chi connectivity index (χ0v) is 11.5. The molecular formula is C8H5Br3F2O. The lowest BCUT2D eigenvalue weighted by Gasteiger charge is -2.10. The molecule has 0 fully saturated rings. The van der Waals surface area contributed by atoms with Crippen molar-refractivity contribution in [2.75, 3.05) is 0 Å². The number of hydrogen-bond donors (Lipinski definition) is 0. The first kappa shape index (κ1) is 12.4. The first-order chi connectivity index (χ1) is 6.54. The molecule has 0 amide bonds. The number of hydrogen-bond acceptors (Lipinski definition) is 1. The summed E-state index contributed by atoms with van der Waals surface area (Å²) in [6.07, 6.45) is 0. The summed E-state index contributed by atoms with van der Waals surface area (Å²) in [6.45, 7) is -2.82. The first-order valence-electron chi connectivity index (χ1n) is 3.53. The minimum atomic E-state index is -2.82. The van der Waals surface area contributed by atoms with Crippen molar-refractivity contribution < 1.29 is 13.5 Å². The molecule has 78 valence electrons. The fraction of sp³-hybridized carbons (Fsp3) is 0.250. The average Bonchev–Trinajstić information content (AvgIpc) is 2.10. The Bertz CT molecular complexity index is 307. The Morgan fingerprint density at radius 1 is 1.21 bits per heavy atom. The van der Waals surface area contributed by atoms with Gasteiger partial charge in [0.1, 0.15) is 0 Å². The standard InChI is InChI=1S/C8H5Br3F2O/c9-3-4-1-5(10)7(6(11)2-4)14-8(12)13/h1-2,8H,3H2. The van der Waals surface area contributed by atoms with E-state index in [-0.39, 0.29) is 5.75 Å². The van der Waals surface area contributed by atoms with E-state index in [0.717, 1.165) is 5.56 Å². The smallest absolute Gasteiger partial charge is 0.387 e. The molecule has 0 atom stereocenters. The van der Waals surface area contributed by atoms with E-state index in [1.807, 2.05) is 0 Å². The third kappa shape index (κ3) is 3.17. The van der Waals surface area contributed by atoms with Crippen molar-refractivity contribution in [1.82, 2.24) is 0 Å². The monoisotopic (exact) mass is 392 g/mol. The molecule has 0 aliphatic rings. The summed E-state index contributed by atoms with van der Waals surface area (Å²) in [5, 5.41) is 0.652. The van der Waals surface area contributed by atoms with Gasteiger partial charge < -0.3 is 4.74 Å². The van der Waals surface area contributed by atoms with Crippen molar-refractivity contribution in [3.8, 4) is 5.75 Å². The lowest BCUT2D eigenvalue weighted by atomic mass is 10.2. The number of alkyl halides is 3. The van der Waals surface area contributed by atoms with Gasteiger partial charge in [-0.05, 0) is 49.6 Å². The predicted molar refractivity (Wildman–Crippen MR) is 61.1 cm³/mol. The Morgan fingerprint density at radius 2 is 1.71 bits per heavy atom. The quantitative estimate of drug-likeness (QED) is 0.675. The molecule has 6 heteroatoms. The summed E-state index contributed by atoms with van der Waals surface area (Å²) in [5.41, 5.74) is 0.963. The molecule has 0 radical (unpaired) electrons. The van der Waals surface area contributed by atoms with Crippen molar-refractivity contribution in [1.29, 1.82) is 0 Å². The third-order valence-corrected chi connectivity index (χ3v) is 3.24. The van der Waals surface area contributed by atoms with Gasteiger partial charge in [-0.3, -0.25) is 0 Å². The highest BCUT2D eigenvalue weighted by molar-refractivity contribution is 9.11. The highest BCUT2D eigenvalue weighted by atomic mass is 79.9. The molecule has 0 bridgehead atoms. The maximum atomic E-state index is 12.0. The van der Waals surface area contributed by atoms with Crippen molar-refractivity contribution >= 4 is 47.8 Å². The van der Waals surface area contributed by atoms with E-state index in [2.05, 4.69) is 52.5 Å². The van der Waals surface area contributed by atoms with Crippen molar-refractivity contribution in [3.63, 3.8) is 0 Å². The van der Waals surface area contributed by atoms with E-state index in [1.54, 1.807) is 12.1 Å². The lowest BCUT2D eigenvalue weighted by Crippen LogP contribution is -2.03. The molecule has 0 N–H and O–H groups in total. The summed E-state index contributed by atoms with van der Waals surface area (Å²) in [5.74, 6) is 0.115. The van der Waals surface area contributed by atoms with Gasteiger partial charge in [0.2, 0.25) is 0 Å². The molecule has 1 aromatic carbocycles. The zero-order chi connectivity index (χ0) is 10.7. The molecular weight excluding hydrogens is 390 g/mol. The van der Waals surface area contributed by atoms with Crippen LogP contribution in [0.1, 0.15) is 5.56 Å². The van der Waals surface area contributed by atoms with Gasteiger partial charge in [0.25, 0.3) is 0 Å². The molecule has 0 saturated heterocycles. The third-order valence-electron chi connectivity index (χ3n) is 1.42. The molecule has 0 unspecified atom stereocenters. The highest BCUT2D eigenvalue weighted by Gasteiger charge is 2.13. The maximum absolute atomic E-state index is 12.0. The Kier molecular flexibility index (Phi) is 4.79. The molecule has 14 heavy (non-hydrogen) atoms. The van der Waals surface area contributed by atoms with Crippen LogP contribution in [0.2, 0.25) is 0 Å². The van der Waals surface area contributed by atoms with Crippen LogP contribution in [0.5, 0.6) is 5.75 Å². The van der Waals surface area contributed by atoms with Gasteiger partial charge in [0, 0.05) is 5.33 Å². The number of rotatable bonds is 3. The number of halogens is 5. The average molecular weight is 395 g/mol. The van der Waals surface area contributed by atoms with Gasteiger partial charge in [0.15, 0.2) is 5.75 Å². The minimum absolute atomic E-state index is 0.115.